The minimum atomic E-state index is 0.440. The van der Waals surface area contributed by atoms with Crippen LogP contribution in [0.1, 0.15) is 18.5 Å². The molecule has 0 saturated heterocycles. The van der Waals surface area contributed by atoms with Crippen LogP contribution in [0, 0.1) is 0 Å². The van der Waals surface area contributed by atoms with E-state index in [0.717, 1.165) is 11.5 Å². The molecule has 14 heavy (non-hydrogen) atoms. The summed E-state index contributed by atoms with van der Waals surface area (Å²) in [5.74, 6) is 1.57. The number of hydrogen-bond acceptors (Lipinski definition) is 2. The van der Waals surface area contributed by atoms with Crippen LogP contribution in [0.15, 0.2) is 18.2 Å². The lowest BCUT2D eigenvalue weighted by molar-refractivity contribution is -0.666. The first-order valence-electron chi connectivity index (χ1n) is 4.74. The Labute approximate surface area is 85.0 Å². The van der Waals surface area contributed by atoms with E-state index in [-0.39, 0.29) is 0 Å². The van der Waals surface area contributed by atoms with Crippen LogP contribution in [0.4, 0.5) is 0 Å². The summed E-state index contributed by atoms with van der Waals surface area (Å²) in [5.41, 5.74) is 1.24. The van der Waals surface area contributed by atoms with Gasteiger partial charge in [0.25, 0.3) is 0 Å². The van der Waals surface area contributed by atoms with Crippen molar-refractivity contribution in [3.63, 3.8) is 0 Å². The second kappa shape index (κ2) is 4.86. The zero-order valence-corrected chi connectivity index (χ0v) is 9.20. The molecule has 0 saturated carbocycles. The quantitative estimate of drug-likeness (QED) is 0.778. The smallest absolute Gasteiger partial charge is 0.161 e. The molecule has 3 nitrogen and oxygen atoms in total. The molecule has 0 bridgehead atoms. The fraction of sp³-hybridized carbons (Fsp3) is 0.455. The Balaban J connectivity index is 3.01. The van der Waals surface area contributed by atoms with Gasteiger partial charge in [0.2, 0.25) is 0 Å². The molecule has 0 amide bonds. The van der Waals surface area contributed by atoms with Crippen LogP contribution < -0.4 is 14.8 Å². The second-order valence-corrected chi connectivity index (χ2v) is 3.24. The number of nitrogens with two attached hydrogens (primary N) is 1. The lowest BCUT2D eigenvalue weighted by Gasteiger charge is -2.11. The Hall–Kier alpha value is -1.22. The molecule has 0 aromatic heterocycles. The van der Waals surface area contributed by atoms with E-state index < -0.39 is 0 Å². The largest absolute Gasteiger partial charge is 0.493 e. The van der Waals surface area contributed by atoms with Crippen molar-refractivity contribution < 1.29 is 14.8 Å². The summed E-state index contributed by atoms with van der Waals surface area (Å²) in [4.78, 5) is 0. The fourth-order valence-electron chi connectivity index (χ4n) is 1.33. The number of hydrogen-bond donors (Lipinski definition) is 1. The van der Waals surface area contributed by atoms with Crippen molar-refractivity contribution in [3.8, 4) is 11.5 Å². The number of quaternary nitrogens is 1. The van der Waals surface area contributed by atoms with E-state index in [1.807, 2.05) is 12.1 Å². The lowest BCUT2D eigenvalue weighted by Crippen LogP contribution is -2.80. The zero-order valence-electron chi connectivity index (χ0n) is 9.20. The Morgan fingerprint density at radius 1 is 1.14 bits per heavy atom. The molecule has 0 fully saturated rings. The van der Waals surface area contributed by atoms with Crippen molar-refractivity contribution in [2.75, 3.05) is 21.3 Å². The molecule has 1 aromatic rings. The first-order valence-corrected chi connectivity index (χ1v) is 4.74. The first kappa shape index (κ1) is 10.9. The molecule has 1 unspecified atom stereocenters. The molecular weight excluding hydrogens is 178 g/mol. The molecule has 1 aromatic carbocycles. The van der Waals surface area contributed by atoms with Crippen LogP contribution in [0.2, 0.25) is 0 Å². The van der Waals surface area contributed by atoms with Crippen LogP contribution in [0.5, 0.6) is 11.5 Å². The highest BCUT2D eigenvalue weighted by molar-refractivity contribution is 5.43. The number of ether oxygens (including phenoxy) is 2. The SMILES string of the molecule is C[NH2+]C(C)c1ccc(OC)c(OC)c1. The Bertz CT molecular complexity index is 299. The minimum Gasteiger partial charge on any atom is -0.493 e. The molecule has 2 N–H and O–H groups in total. The molecule has 0 heterocycles. The Morgan fingerprint density at radius 2 is 1.79 bits per heavy atom. The van der Waals surface area contributed by atoms with E-state index in [9.17, 15) is 0 Å². The third kappa shape index (κ3) is 2.17. The lowest BCUT2D eigenvalue weighted by atomic mass is 10.1. The third-order valence-corrected chi connectivity index (χ3v) is 2.43. The molecular formula is C11H18NO2+. The average Bonchev–Trinajstić information content (AvgIpc) is 2.26. The van der Waals surface area contributed by atoms with Gasteiger partial charge in [0.15, 0.2) is 11.5 Å². The van der Waals surface area contributed by atoms with Crippen molar-refractivity contribution in [1.82, 2.24) is 0 Å². The number of rotatable bonds is 4. The molecule has 78 valence electrons. The first-order chi connectivity index (χ1) is 6.72. The van der Waals surface area contributed by atoms with Crippen molar-refractivity contribution in [2.24, 2.45) is 0 Å². The Morgan fingerprint density at radius 3 is 2.29 bits per heavy atom. The number of benzene rings is 1. The van der Waals surface area contributed by atoms with Crippen molar-refractivity contribution in [1.29, 1.82) is 0 Å². The van der Waals surface area contributed by atoms with Gasteiger partial charge in [-0.05, 0) is 25.1 Å². The highest BCUT2D eigenvalue weighted by Crippen LogP contribution is 2.28. The maximum absolute atomic E-state index is 5.23. The predicted octanol–water partition coefficient (Wildman–Crippen LogP) is 0.958. The normalized spacial score (nSPS) is 12.3. The number of methoxy groups -OCH3 is 2. The maximum Gasteiger partial charge on any atom is 0.161 e. The van der Waals surface area contributed by atoms with Gasteiger partial charge in [0, 0.05) is 5.56 Å². The van der Waals surface area contributed by atoms with Gasteiger partial charge in [-0.1, -0.05) is 0 Å². The summed E-state index contributed by atoms with van der Waals surface area (Å²) in [6, 6.07) is 6.46. The van der Waals surface area contributed by atoms with Gasteiger partial charge in [0.05, 0.1) is 21.3 Å². The molecule has 3 heteroatoms. The van der Waals surface area contributed by atoms with Gasteiger partial charge < -0.3 is 14.8 Å². The molecule has 0 aliphatic carbocycles. The van der Waals surface area contributed by atoms with E-state index in [4.69, 9.17) is 9.47 Å². The van der Waals surface area contributed by atoms with Gasteiger partial charge in [-0.25, -0.2) is 0 Å². The Kier molecular flexibility index (Phi) is 3.77. The molecule has 0 radical (unpaired) electrons. The summed E-state index contributed by atoms with van der Waals surface area (Å²) < 4.78 is 10.4. The minimum absolute atomic E-state index is 0.440. The van der Waals surface area contributed by atoms with Crippen LogP contribution >= 0.6 is 0 Å². The van der Waals surface area contributed by atoms with E-state index >= 15 is 0 Å². The predicted molar refractivity (Wildman–Crippen MR) is 55.8 cm³/mol. The standard InChI is InChI=1S/C11H17NO2/c1-8(12-2)9-5-6-10(13-3)11(7-9)14-4/h5-8,12H,1-4H3/p+1. The van der Waals surface area contributed by atoms with Crippen molar-refractivity contribution in [3.05, 3.63) is 23.8 Å². The molecule has 0 spiro atoms. The van der Waals surface area contributed by atoms with E-state index in [1.54, 1.807) is 14.2 Å². The van der Waals surface area contributed by atoms with Gasteiger partial charge in [-0.2, -0.15) is 0 Å². The van der Waals surface area contributed by atoms with Gasteiger partial charge in [-0.15, -0.1) is 0 Å². The van der Waals surface area contributed by atoms with Crippen LogP contribution in [0.3, 0.4) is 0 Å². The topological polar surface area (TPSA) is 35.1 Å². The van der Waals surface area contributed by atoms with Crippen LogP contribution in [-0.4, -0.2) is 21.3 Å². The van der Waals surface area contributed by atoms with Crippen molar-refractivity contribution >= 4 is 0 Å². The van der Waals surface area contributed by atoms with E-state index in [2.05, 4.69) is 25.4 Å². The van der Waals surface area contributed by atoms with Crippen LogP contribution in [-0.2, 0) is 0 Å². The molecule has 0 aliphatic heterocycles. The third-order valence-electron chi connectivity index (χ3n) is 2.43. The highest BCUT2D eigenvalue weighted by Gasteiger charge is 2.10. The monoisotopic (exact) mass is 196 g/mol. The maximum atomic E-state index is 5.23. The highest BCUT2D eigenvalue weighted by atomic mass is 16.5. The van der Waals surface area contributed by atoms with Crippen LogP contribution in [0.25, 0.3) is 0 Å². The second-order valence-electron chi connectivity index (χ2n) is 3.24. The van der Waals surface area contributed by atoms with E-state index in [1.165, 1.54) is 5.56 Å². The summed E-state index contributed by atoms with van der Waals surface area (Å²) in [5, 5.41) is 2.15. The molecule has 1 atom stereocenters. The summed E-state index contributed by atoms with van der Waals surface area (Å²) in [6.45, 7) is 2.15. The van der Waals surface area contributed by atoms with Gasteiger partial charge in [-0.3, -0.25) is 0 Å². The molecule has 0 aliphatic rings. The molecule has 1 rings (SSSR count). The van der Waals surface area contributed by atoms with Crippen molar-refractivity contribution in [2.45, 2.75) is 13.0 Å². The van der Waals surface area contributed by atoms with E-state index in [0.29, 0.717) is 6.04 Å². The summed E-state index contributed by atoms with van der Waals surface area (Å²) in [6.07, 6.45) is 0. The van der Waals surface area contributed by atoms with Gasteiger partial charge >= 0.3 is 0 Å². The fourth-order valence-corrected chi connectivity index (χ4v) is 1.33. The average molecular weight is 196 g/mol. The zero-order chi connectivity index (χ0) is 10.6. The van der Waals surface area contributed by atoms with Gasteiger partial charge in [0.1, 0.15) is 6.04 Å². The summed E-state index contributed by atoms with van der Waals surface area (Å²) >= 11 is 0. The summed E-state index contributed by atoms with van der Waals surface area (Å²) in [7, 11) is 5.36.